The first kappa shape index (κ1) is 17.3. The lowest BCUT2D eigenvalue weighted by Gasteiger charge is -2.25. The molecule has 0 unspecified atom stereocenters. The third-order valence-electron chi connectivity index (χ3n) is 3.55. The Labute approximate surface area is 126 Å². The third-order valence-corrected chi connectivity index (χ3v) is 3.55. The molecular weight excluding hydrogens is 268 g/mol. The van der Waals surface area contributed by atoms with E-state index in [9.17, 15) is 4.79 Å². The van der Waals surface area contributed by atoms with Crippen molar-refractivity contribution in [3.8, 4) is 0 Å². The van der Waals surface area contributed by atoms with Gasteiger partial charge < -0.3 is 20.5 Å². The molecule has 0 aliphatic rings. The molecule has 0 amide bonds. The fraction of sp³-hybridized carbons (Fsp3) is 0.562. The number of carbonyl (C=O) groups is 1. The Kier molecular flexibility index (Phi) is 6.03. The summed E-state index contributed by atoms with van der Waals surface area (Å²) in [4.78, 5) is 11.7. The first-order valence-corrected chi connectivity index (χ1v) is 7.02. The molecule has 1 aromatic rings. The number of hydrogen-bond acceptors (Lipinski definition) is 5. The Hall–Kier alpha value is -1.75. The molecule has 0 heterocycles. The second-order valence-electron chi connectivity index (χ2n) is 6.01. The minimum absolute atomic E-state index is 0.0940. The normalized spacial score (nSPS) is 11.3. The Bertz CT molecular complexity index is 499. The predicted molar refractivity (Wildman–Crippen MR) is 85.7 cm³/mol. The second-order valence-corrected chi connectivity index (χ2v) is 6.01. The zero-order valence-electron chi connectivity index (χ0n) is 13.6. The monoisotopic (exact) mass is 294 g/mol. The van der Waals surface area contributed by atoms with Crippen molar-refractivity contribution in [2.24, 2.45) is 5.41 Å². The predicted octanol–water partition coefficient (Wildman–Crippen LogP) is 2.84. The molecule has 1 aromatic carbocycles. The smallest absolute Gasteiger partial charge is 0.340 e. The van der Waals surface area contributed by atoms with Crippen LogP contribution in [0.15, 0.2) is 12.1 Å². The molecule has 0 bridgehead atoms. The molecule has 118 valence electrons. The molecule has 0 aliphatic heterocycles. The van der Waals surface area contributed by atoms with Crippen LogP contribution in [0.25, 0.3) is 0 Å². The first-order chi connectivity index (χ1) is 9.80. The number of methoxy groups -OCH3 is 2. The van der Waals surface area contributed by atoms with Crippen molar-refractivity contribution in [3.63, 3.8) is 0 Å². The summed E-state index contributed by atoms with van der Waals surface area (Å²) < 4.78 is 9.89. The van der Waals surface area contributed by atoms with Crippen LogP contribution in [0.2, 0.25) is 0 Å². The van der Waals surface area contributed by atoms with Crippen LogP contribution in [-0.4, -0.2) is 33.3 Å². The maximum absolute atomic E-state index is 11.7. The van der Waals surface area contributed by atoms with Gasteiger partial charge in [0.25, 0.3) is 0 Å². The molecule has 0 radical (unpaired) electrons. The number of carbonyl (C=O) groups excluding carboxylic acids is 1. The van der Waals surface area contributed by atoms with Gasteiger partial charge in [0.15, 0.2) is 0 Å². The Morgan fingerprint density at radius 3 is 2.57 bits per heavy atom. The number of benzene rings is 1. The Morgan fingerprint density at radius 2 is 2.00 bits per heavy atom. The van der Waals surface area contributed by atoms with Gasteiger partial charge in [0, 0.05) is 31.6 Å². The van der Waals surface area contributed by atoms with Crippen LogP contribution in [-0.2, 0) is 9.47 Å². The first-order valence-electron chi connectivity index (χ1n) is 7.02. The van der Waals surface area contributed by atoms with Crippen LogP contribution >= 0.6 is 0 Å². The van der Waals surface area contributed by atoms with Crippen LogP contribution in [0.4, 0.5) is 11.4 Å². The standard InChI is InChI=1S/C16H26N2O3/c1-11-8-12(9-13(14(11)17)15(19)21-5)18-10-16(2,3)6-7-20-4/h8-9,18H,6-7,10,17H2,1-5H3. The number of nitrogens with two attached hydrogens (primary N) is 1. The van der Waals surface area contributed by atoms with Crippen molar-refractivity contribution in [2.45, 2.75) is 27.2 Å². The van der Waals surface area contributed by atoms with Crippen molar-refractivity contribution in [1.82, 2.24) is 0 Å². The van der Waals surface area contributed by atoms with E-state index in [-0.39, 0.29) is 5.41 Å². The van der Waals surface area contributed by atoms with E-state index in [1.165, 1.54) is 7.11 Å². The fourth-order valence-electron chi connectivity index (χ4n) is 1.99. The number of ether oxygens (including phenoxy) is 2. The van der Waals surface area contributed by atoms with E-state index in [0.717, 1.165) is 30.8 Å². The van der Waals surface area contributed by atoms with Crippen molar-refractivity contribution in [1.29, 1.82) is 0 Å². The van der Waals surface area contributed by atoms with Gasteiger partial charge in [0.05, 0.1) is 12.7 Å². The maximum Gasteiger partial charge on any atom is 0.340 e. The van der Waals surface area contributed by atoms with E-state index in [1.54, 1.807) is 13.2 Å². The van der Waals surface area contributed by atoms with Gasteiger partial charge in [-0.15, -0.1) is 0 Å². The zero-order chi connectivity index (χ0) is 16.0. The van der Waals surface area contributed by atoms with Crippen molar-refractivity contribution >= 4 is 17.3 Å². The fourth-order valence-corrected chi connectivity index (χ4v) is 1.99. The van der Waals surface area contributed by atoms with Crippen molar-refractivity contribution < 1.29 is 14.3 Å². The van der Waals surface area contributed by atoms with E-state index in [0.29, 0.717) is 11.3 Å². The molecule has 5 heteroatoms. The Morgan fingerprint density at radius 1 is 1.33 bits per heavy atom. The second kappa shape index (κ2) is 7.31. The number of aryl methyl sites for hydroxylation is 1. The molecule has 1 rings (SSSR count). The minimum Gasteiger partial charge on any atom is -0.465 e. The SMILES string of the molecule is COCCC(C)(C)CNc1cc(C)c(N)c(C(=O)OC)c1. The van der Waals surface area contributed by atoms with Gasteiger partial charge in [0.1, 0.15) is 0 Å². The van der Waals surface area contributed by atoms with E-state index in [4.69, 9.17) is 15.2 Å². The van der Waals surface area contributed by atoms with Crippen molar-refractivity contribution in [3.05, 3.63) is 23.3 Å². The third kappa shape index (κ3) is 4.93. The summed E-state index contributed by atoms with van der Waals surface area (Å²) in [5, 5.41) is 3.36. The van der Waals surface area contributed by atoms with Crippen LogP contribution in [0.3, 0.4) is 0 Å². The lowest BCUT2D eigenvalue weighted by Crippen LogP contribution is -2.24. The number of anilines is 2. The average molecular weight is 294 g/mol. The molecule has 0 saturated carbocycles. The minimum atomic E-state index is -0.419. The van der Waals surface area contributed by atoms with Gasteiger partial charge in [-0.3, -0.25) is 0 Å². The van der Waals surface area contributed by atoms with E-state index in [2.05, 4.69) is 19.2 Å². The van der Waals surface area contributed by atoms with Gasteiger partial charge in [-0.05, 0) is 36.5 Å². The van der Waals surface area contributed by atoms with Gasteiger partial charge in [-0.1, -0.05) is 13.8 Å². The lowest BCUT2D eigenvalue weighted by atomic mass is 9.89. The number of hydrogen-bond donors (Lipinski definition) is 2. The summed E-state index contributed by atoms with van der Waals surface area (Å²) in [7, 11) is 3.06. The quantitative estimate of drug-likeness (QED) is 0.597. The molecule has 0 spiro atoms. The number of rotatable bonds is 7. The molecule has 0 fully saturated rings. The Balaban J connectivity index is 2.85. The number of nitrogens with one attached hydrogen (secondary N) is 1. The number of esters is 1. The molecule has 0 saturated heterocycles. The highest BCUT2D eigenvalue weighted by atomic mass is 16.5. The summed E-state index contributed by atoms with van der Waals surface area (Å²) in [5.74, 6) is -0.419. The van der Waals surface area contributed by atoms with E-state index >= 15 is 0 Å². The molecule has 21 heavy (non-hydrogen) atoms. The summed E-state index contributed by atoms with van der Waals surface area (Å²) >= 11 is 0. The maximum atomic E-state index is 11.7. The van der Waals surface area contributed by atoms with E-state index in [1.807, 2.05) is 13.0 Å². The van der Waals surface area contributed by atoms with Crippen LogP contribution in [0.1, 0.15) is 36.2 Å². The molecule has 0 aliphatic carbocycles. The molecule has 0 atom stereocenters. The largest absolute Gasteiger partial charge is 0.465 e. The van der Waals surface area contributed by atoms with E-state index < -0.39 is 5.97 Å². The topological polar surface area (TPSA) is 73.6 Å². The number of nitrogen functional groups attached to an aromatic ring is 1. The average Bonchev–Trinajstić information content (AvgIpc) is 2.45. The highest BCUT2D eigenvalue weighted by Gasteiger charge is 2.18. The zero-order valence-corrected chi connectivity index (χ0v) is 13.6. The molecule has 0 aromatic heterocycles. The summed E-state index contributed by atoms with van der Waals surface area (Å²) in [6, 6.07) is 3.68. The highest BCUT2D eigenvalue weighted by Crippen LogP contribution is 2.26. The van der Waals surface area contributed by atoms with Gasteiger partial charge in [-0.25, -0.2) is 4.79 Å². The van der Waals surface area contributed by atoms with Crippen molar-refractivity contribution in [2.75, 3.05) is 38.4 Å². The van der Waals surface area contributed by atoms with Crippen LogP contribution in [0, 0.1) is 12.3 Å². The summed E-state index contributed by atoms with van der Waals surface area (Å²) in [6.45, 7) is 7.72. The summed E-state index contributed by atoms with van der Waals surface area (Å²) in [5.41, 5.74) is 8.61. The summed E-state index contributed by atoms with van der Waals surface area (Å²) in [6.07, 6.45) is 0.953. The lowest BCUT2D eigenvalue weighted by molar-refractivity contribution is 0.0602. The van der Waals surface area contributed by atoms with Crippen LogP contribution < -0.4 is 11.1 Å². The van der Waals surface area contributed by atoms with Gasteiger partial charge >= 0.3 is 5.97 Å². The van der Waals surface area contributed by atoms with Gasteiger partial charge in [0.2, 0.25) is 0 Å². The van der Waals surface area contributed by atoms with Crippen LogP contribution in [0.5, 0.6) is 0 Å². The van der Waals surface area contributed by atoms with Gasteiger partial charge in [-0.2, -0.15) is 0 Å². The highest BCUT2D eigenvalue weighted by molar-refractivity contribution is 5.97. The molecule has 3 N–H and O–H groups in total. The molecular formula is C16H26N2O3. The molecule has 5 nitrogen and oxygen atoms in total.